The Morgan fingerprint density at radius 3 is 2.63 bits per heavy atom. The third-order valence-electron chi connectivity index (χ3n) is 13.9. The quantitative estimate of drug-likeness (QED) is 0.0784. The smallest absolute Gasteiger partial charge is 0.293 e. The maximum absolute atomic E-state index is 14.5. The van der Waals surface area contributed by atoms with Gasteiger partial charge in [-0.25, -0.2) is 18.1 Å². The van der Waals surface area contributed by atoms with Crippen molar-refractivity contribution in [2.45, 2.75) is 63.8 Å². The average molecular weight is 960 g/mol. The van der Waals surface area contributed by atoms with Crippen molar-refractivity contribution in [2.24, 2.45) is 11.3 Å². The number of nitrogens with one attached hydrogen (secondary N) is 3. The summed E-state index contributed by atoms with van der Waals surface area (Å²) in [7, 11) is -4.59. The van der Waals surface area contributed by atoms with Crippen LogP contribution in [0.5, 0.6) is 5.88 Å². The number of anilines is 4. The van der Waals surface area contributed by atoms with Crippen LogP contribution in [-0.4, -0.2) is 96.1 Å². The Morgan fingerprint density at radius 1 is 1.00 bits per heavy atom. The Morgan fingerprint density at radius 2 is 1.82 bits per heavy atom. The van der Waals surface area contributed by atoms with Crippen LogP contribution in [0.1, 0.15) is 67.7 Å². The van der Waals surface area contributed by atoms with Gasteiger partial charge < -0.3 is 29.4 Å². The molecule has 68 heavy (non-hydrogen) atoms. The standard InChI is InChI=1S/C50H55ClN10O6S/c1-50(2)16-14-36(41(29-50)34-5-7-37(51)8-6-34)32-57-21-23-58(24-22-57)38-9-11-40(43(27-38)60-19-3-25-67-49-45(60)26-35-15-17-53-47(35)55-49)48(62)56-68(65,66)39-10-12-42(44(28-39)61(63)64)54-30-33-4-13-46-52-18-20-59(46)31-33/h5-12,15,17-18,20,26-28,33,54H,3-4,13-14,16,19,21-25,29-32H2,1-2H3,(H,53,55)(H,56,62). The number of aryl methyl sites for hydroxylation is 1. The first kappa shape index (κ1) is 45.4. The molecule has 18 heteroatoms. The molecular formula is C50H55ClN10O6S. The van der Waals surface area contributed by atoms with Crippen molar-refractivity contribution < 1.29 is 22.9 Å². The number of halogens is 1. The highest BCUT2D eigenvalue weighted by Gasteiger charge is 2.32. The van der Waals surface area contributed by atoms with E-state index in [1.54, 1.807) is 18.5 Å². The number of benzene rings is 3. The SMILES string of the molecule is CC1(C)CCC(CN2CCN(c3ccc(C(=O)NS(=O)(=O)c4ccc(NCC5CCc6nccn6C5)c([N+](=O)[O-])c4)c(N4CCCOc5nc6[nH]ccc6cc54)c3)CC2)=C(c2ccc(Cl)cc2)C1. The number of hydrogen-bond donors (Lipinski definition) is 3. The Hall–Kier alpha value is -6.43. The molecule has 1 saturated heterocycles. The maximum atomic E-state index is 14.5. The van der Waals surface area contributed by atoms with Gasteiger partial charge in [0.25, 0.3) is 21.6 Å². The molecule has 16 nitrogen and oxygen atoms in total. The van der Waals surface area contributed by atoms with Crippen molar-refractivity contribution in [1.29, 1.82) is 0 Å². The Labute approximate surface area is 400 Å². The summed E-state index contributed by atoms with van der Waals surface area (Å²) in [5.74, 6) is 0.729. The number of allylic oxidation sites excluding steroid dienone is 1. The van der Waals surface area contributed by atoms with E-state index in [0.29, 0.717) is 49.0 Å². The second kappa shape index (κ2) is 18.6. The fraction of sp³-hybridized carbons (Fsp3) is 0.380. The molecule has 1 atom stereocenters. The number of nitro benzene ring substituents is 1. The maximum Gasteiger partial charge on any atom is 0.293 e. The molecule has 0 saturated carbocycles. The number of carbonyl (C=O) groups excluding carboxylic acids is 1. The number of aromatic amines is 1. The summed E-state index contributed by atoms with van der Waals surface area (Å²) in [4.78, 5) is 44.8. The summed E-state index contributed by atoms with van der Waals surface area (Å²) in [6.07, 6.45) is 11.0. The molecule has 0 spiro atoms. The van der Waals surface area contributed by atoms with E-state index >= 15 is 0 Å². The minimum atomic E-state index is -4.59. The van der Waals surface area contributed by atoms with Crippen LogP contribution >= 0.6 is 11.6 Å². The fourth-order valence-electron chi connectivity index (χ4n) is 10.1. The van der Waals surface area contributed by atoms with Gasteiger partial charge in [-0.1, -0.05) is 43.2 Å². The van der Waals surface area contributed by atoms with Crippen LogP contribution in [-0.2, 0) is 23.0 Å². The molecule has 0 bridgehead atoms. The molecule has 4 aliphatic rings. The lowest BCUT2D eigenvalue weighted by molar-refractivity contribution is -0.384. The number of carbonyl (C=O) groups is 1. The van der Waals surface area contributed by atoms with Crippen molar-refractivity contribution in [3.05, 3.63) is 129 Å². The molecule has 6 heterocycles. The zero-order chi connectivity index (χ0) is 47.2. The summed E-state index contributed by atoms with van der Waals surface area (Å²) in [5.41, 5.74) is 6.93. The molecule has 1 fully saturated rings. The summed E-state index contributed by atoms with van der Waals surface area (Å²) in [5, 5.41) is 17.1. The van der Waals surface area contributed by atoms with E-state index in [4.69, 9.17) is 21.3 Å². The van der Waals surface area contributed by atoms with E-state index in [2.05, 4.69) is 60.4 Å². The number of aromatic nitrogens is 4. The van der Waals surface area contributed by atoms with E-state index in [0.717, 1.165) is 99.4 Å². The van der Waals surface area contributed by atoms with Crippen LogP contribution in [0.2, 0.25) is 5.02 Å². The first-order valence-corrected chi connectivity index (χ1v) is 25.2. The van der Waals surface area contributed by atoms with Gasteiger partial charge in [0.05, 0.1) is 27.7 Å². The topological polar surface area (TPSA) is 184 Å². The summed E-state index contributed by atoms with van der Waals surface area (Å²) in [6, 6.07) is 21.2. The second-order valence-corrected chi connectivity index (χ2v) is 21.2. The zero-order valence-electron chi connectivity index (χ0n) is 38.2. The first-order valence-electron chi connectivity index (χ1n) is 23.3. The predicted molar refractivity (Wildman–Crippen MR) is 265 cm³/mol. The number of hydrogen-bond acceptors (Lipinski definition) is 12. The summed E-state index contributed by atoms with van der Waals surface area (Å²) >= 11 is 6.28. The van der Waals surface area contributed by atoms with Crippen molar-refractivity contribution >= 4 is 72.6 Å². The number of nitrogens with zero attached hydrogens (tertiary/aromatic N) is 7. The van der Waals surface area contributed by atoms with Crippen LogP contribution in [0.3, 0.4) is 0 Å². The third kappa shape index (κ3) is 9.51. The Kier molecular flexibility index (Phi) is 12.4. The van der Waals surface area contributed by atoms with Gasteiger partial charge in [0, 0.05) is 99.5 Å². The van der Waals surface area contributed by atoms with Crippen molar-refractivity contribution in [1.82, 2.24) is 29.1 Å². The largest absolute Gasteiger partial charge is 0.476 e. The van der Waals surface area contributed by atoms with Crippen LogP contribution in [0.25, 0.3) is 16.6 Å². The summed E-state index contributed by atoms with van der Waals surface area (Å²) in [6.45, 7) is 10.8. The molecule has 1 amide bonds. The minimum absolute atomic E-state index is 0.112. The van der Waals surface area contributed by atoms with Gasteiger partial charge in [0.15, 0.2) is 0 Å². The number of H-pyrrole nitrogens is 1. The van der Waals surface area contributed by atoms with Crippen LogP contribution in [0.15, 0.2) is 102 Å². The van der Waals surface area contributed by atoms with E-state index in [9.17, 15) is 23.3 Å². The Balaban J connectivity index is 0.908. The molecule has 1 unspecified atom stereocenters. The highest BCUT2D eigenvalue weighted by Crippen LogP contribution is 2.44. The molecule has 10 rings (SSSR count). The summed E-state index contributed by atoms with van der Waals surface area (Å²) < 4.78 is 38.5. The second-order valence-electron chi connectivity index (χ2n) is 19.1. The fourth-order valence-corrected chi connectivity index (χ4v) is 11.2. The van der Waals surface area contributed by atoms with Gasteiger partial charge in [-0.3, -0.25) is 19.8 Å². The number of rotatable bonds is 12. The average Bonchev–Trinajstić information content (AvgIpc) is 3.95. The molecule has 3 aromatic heterocycles. The van der Waals surface area contributed by atoms with E-state index in [1.165, 1.54) is 28.8 Å². The lowest BCUT2D eigenvalue weighted by atomic mass is 9.72. The van der Waals surface area contributed by atoms with Gasteiger partial charge >= 0.3 is 0 Å². The molecule has 3 N–H and O–H groups in total. The third-order valence-corrected chi connectivity index (χ3v) is 15.5. The Bertz CT molecular complexity index is 3030. The van der Waals surface area contributed by atoms with E-state index in [-0.39, 0.29) is 22.6 Å². The number of fused-ring (bicyclic) bond motifs is 3. The van der Waals surface area contributed by atoms with Gasteiger partial charge in [-0.15, -0.1) is 0 Å². The lowest BCUT2D eigenvalue weighted by Crippen LogP contribution is -2.47. The normalized spacial score (nSPS) is 18.7. The van der Waals surface area contributed by atoms with Crippen LogP contribution in [0, 0.1) is 21.4 Å². The van der Waals surface area contributed by atoms with Crippen molar-refractivity contribution in [3.63, 3.8) is 0 Å². The number of amides is 1. The molecule has 6 aromatic rings. The number of nitro groups is 1. The molecule has 354 valence electrons. The molecule has 3 aliphatic heterocycles. The predicted octanol–water partition coefficient (Wildman–Crippen LogP) is 8.82. The van der Waals surface area contributed by atoms with Crippen molar-refractivity contribution in [2.75, 3.05) is 67.5 Å². The van der Waals surface area contributed by atoms with Crippen LogP contribution < -0.4 is 24.6 Å². The molecular weight excluding hydrogens is 904 g/mol. The first-order chi connectivity index (χ1) is 32.8. The number of imidazole rings is 1. The van der Waals surface area contributed by atoms with Crippen LogP contribution in [0.4, 0.5) is 28.4 Å². The van der Waals surface area contributed by atoms with Crippen molar-refractivity contribution in [3.8, 4) is 5.88 Å². The van der Waals surface area contributed by atoms with E-state index in [1.807, 2.05) is 47.5 Å². The van der Waals surface area contributed by atoms with Gasteiger partial charge in [0.2, 0.25) is 5.88 Å². The van der Waals surface area contributed by atoms with Gasteiger partial charge in [-0.2, -0.15) is 4.98 Å². The van der Waals surface area contributed by atoms with E-state index < -0.39 is 31.4 Å². The zero-order valence-corrected chi connectivity index (χ0v) is 39.8. The number of ether oxygens (including phenoxy) is 1. The van der Waals surface area contributed by atoms with Gasteiger partial charge in [0.1, 0.15) is 22.8 Å². The molecule has 1 aliphatic carbocycles. The highest BCUT2D eigenvalue weighted by atomic mass is 35.5. The monoisotopic (exact) mass is 958 g/mol. The number of piperazine rings is 1. The number of pyridine rings is 1. The minimum Gasteiger partial charge on any atom is -0.476 e. The van der Waals surface area contributed by atoms with Gasteiger partial charge in [-0.05, 0) is 109 Å². The molecule has 3 aromatic carbocycles. The lowest BCUT2D eigenvalue weighted by Gasteiger charge is -2.39. The molecule has 0 radical (unpaired) electrons. The number of sulfonamides is 1. The highest BCUT2D eigenvalue weighted by molar-refractivity contribution is 7.90.